The number of nitrogens with zero attached hydrogens (tertiary/aromatic N) is 3. The summed E-state index contributed by atoms with van der Waals surface area (Å²) < 4.78 is 7.54. The van der Waals surface area contributed by atoms with Crippen LogP contribution in [0.3, 0.4) is 0 Å². The molecule has 3 atom stereocenters. The fourth-order valence-corrected chi connectivity index (χ4v) is 3.52. The molecule has 3 rings (SSSR count). The normalized spacial score (nSPS) is 30.4. The molecule has 6 nitrogen and oxygen atoms in total. The standard InChI is InChI=1S/C16H28N4O2/c1-16(2,21)15-10-20(19-18-15)14-8-4-3-7-13(14)17-12-6-5-9-22-11-12/h10,12-14,17,21H,3-9,11H2,1-2H3/t12?,13-,14+/m0/s1. The molecule has 1 saturated heterocycles. The highest BCUT2D eigenvalue weighted by atomic mass is 16.5. The lowest BCUT2D eigenvalue weighted by Crippen LogP contribution is -2.48. The quantitative estimate of drug-likeness (QED) is 0.887. The van der Waals surface area contributed by atoms with E-state index >= 15 is 0 Å². The van der Waals surface area contributed by atoms with Gasteiger partial charge in [-0.2, -0.15) is 0 Å². The summed E-state index contributed by atoms with van der Waals surface area (Å²) in [6, 6.07) is 1.19. The van der Waals surface area contributed by atoms with Crippen molar-refractivity contribution in [3.63, 3.8) is 0 Å². The number of aliphatic hydroxyl groups is 1. The number of ether oxygens (including phenoxy) is 1. The summed E-state index contributed by atoms with van der Waals surface area (Å²) in [7, 11) is 0. The smallest absolute Gasteiger partial charge is 0.114 e. The predicted molar refractivity (Wildman–Crippen MR) is 83.5 cm³/mol. The van der Waals surface area contributed by atoms with Crippen LogP contribution in [0.25, 0.3) is 0 Å². The zero-order chi connectivity index (χ0) is 15.6. The molecule has 22 heavy (non-hydrogen) atoms. The van der Waals surface area contributed by atoms with E-state index in [0.29, 0.717) is 23.8 Å². The molecule has 1 saturated carbocycles. The molecule has 0 bridgehead atoms. The molecule has 124 valence electrons. The molecule has 2 aliphatic rings. The second-order valence-corrected chi connectivity index (χ2v) is 7.18. The zero-order valence-corrected chi connectivity index (χ0v) is 13.7. The highest BCUT2D eigenvalue weighted by Gasteiger charge is 2.31. The van der Waals surface area contributed by atoms with Gasteiger partial charge in [0.1, 0.15) is 11.3 Å². The lowest BCUT2D eigenvalue weighted by molar-refractivity contribution is 0.0595. The van der Waals surface area contributed by atoms with Crippen molar-refractivity contribution in [3.05, 3.63) is 11.9 Å². The van der Waals surface area contributed by atoms with E-state index in [1.165, 1.54) is 25.7 Å². The van der Waals surface area contributed by atoms with E-state index < -0.39 is 5.60 Å². The maximum absolute atomic E-state index is 10.1. The van der Waals surface area contributed by atoms with E-state index in [9.17, 15) is 5.11 Å². The second kappa shape index (κ2) is 6.64. The van der Waals surface area contributed by atoms with Gasteiger partial charge in [-0.25, -0.2) is 4.68 Å². The molecule has 2 heterocycles. The molecule has 0 amide bonds. The lowest BCUT2D eigenvalue weighted by atomic mass is 9.89. The third-order valence-electron chi connectivity index (χ3n) is 4.82. The fraction of sp³-hybridized carbons (Fsp3) is 0.875. The molecule has 0 spiro atoms. The number of rotatable bonds is 4. The first-order valence-corrected chi connectivity index (χ1v) is 8.52. The maximum Gasteiger partial charge on any atom is 0.114 e. The summed E-state index contributed by atoms with van der Waals surface area (Å²) in [5, 5.41) is 22.3. The molecule has 1 aliphatic carbocycles. The Morgan fingerprint density at radius 2 is 2.09 bits per heavy atom. The van der Waals surface area contributed by atoms with Gasteiger partial charge in [0.25, 0.3) is 0 Å². The van der Waals surface area contributed by atoms with Crippen molar-refractivity contribution >= 4 is 0 Å². The van der Waals surface area contributed by atoms with Crippen molar-refractivity contribution < 1.29 is 9.84 Å². The van der Waals surface area contributed by atoms with E-state index in [-0.39, 0.29) is 0 Å². The number of aromatic nitrogens is 3. The Morgan fingerprint density at radius 3 is 2.77 bits per heavy atom. The largest absolute Gasteiger partial charge is 0.384 e. The first kappa shape index (κ1) is 15.9. The van der Waals surface area contributed by atoms with Gasteiger partial charge in [-0.1, -0.05) is 18.1 Å². The molecule has 1 aliphatic heterocycles. The van der Waals surface area contributed by atoms with Crippen LogP contribution in [0.15, 0.2) is 6.20 Å². The van der Waals surface area contributed by atoms with Gasteiger partial charge < -0.3 is 15.2 Å². The van der Waals surface area contributed by atoms with Crippen molar-refractivity contribution in [1.29, 1.82) is 0 Å². The molecule has 2 fully saturated rings. The minimum Gasteiger partial charge on any atom is -0.384 e. The van der Waals surface area contributed by atoms with E-state index in [2.05, 4.69) is 15.6 Å². The van der Waals surface area contributed by atoms with E-state index in [0.717, 1.165) is 26.1 Å². The molecule has 6 heteroatoms. The molecule has 0 radical (unpaired) electrons. The van der Waals surface area contributed by atoms with Crippen LogP contribution >= 0.6 is 0 Å². The molecule has 1 unspecified atom stereocenters. The summed E-state index contributed by atoms with van der Waals surface area (Å²) in [5.41, 5.74) is -0.301. The Morgan fingerprint density at radius 1 is 1.27 bits per heavy atom. The van der Waals surface area contributed by atoms with Crippen LogP contribution in [0.4, 0.5) is 0 Å². The van der Waals surface area contributed by atoms with Crippen LogP contribution in [0.5, 0.6) is 0 Å². The number of hydrogen-bond donors (Lipinski definition) is 2. The first-order chi connectivity index (χ1) is 10.5. The van der Waals surface area contributed by atoms with E-state index in [1.807, 2.05) is 10.9 Å². The molecule has 2 N–H and O–H groups in total. The average Bonchev–Trinajstić information content (AvgIpc) is 2.99. The zero-order valence-electron chi connectivity index (χ0n) is 13.7. The number of nitrogens with one attached hydrogen (secondary N) is 1. The van der Waals surface area contributed by atoms with Crippen LogP contribution in [0.1, 0.15) is 64.1 Å². The number of hydrogen-bond acceptors (Lipinski definition) is 5. The minimum absolute atomic E-state index is 0.319. The van der Waals surface area contributed by atoms with Crippen molar-refractivity contribution in [2.75, 3.05) is 13.2 Å². The van der Waals surface area contributed by atoms with Gasteiger partial charge in [0, 0.05) is 18.7 Å². The summed E-state index contributed by atoms with van der Waals surface area (Å²) in [6.45, 7) is 5.20. The fourth-order valence-electron chi connectivity index (χ4n) is 3.52. The van der Waals surface area contributed by atoms with Crippen LogP contribution < -0.4 is 5.32 Å². The Labute approximate surface area is 132 Å². The SMILES string of the molecule is CC(C)(O)c1cn([C@@H]2CCCC[C@@H]2NC2CCCOC2)nn1. The van der Waals surface area contributed by atoms with Gasteiger partial charge in [-0.15, -0.1) is 5.10 Å². The van der Waals surface area contributed by atoms with Crippen LogP contribution in [0.2, 0.25) is 0 Å². The monoisotopic (exact) mass is 308 g/mol. The third-order valence-corrected chi connectivity index (χ3v) is 4.82. The average molecular weight is 308 g/mol. The Bertz CT molecular complexity index is 477. The van der Waals surface area contributed by atoms with Gasteiger partial charge in [-0.3, -0.25) is 0 Å². The third kappa shape index (κ3) is 3.67. The lowest BCUT2D eigenvalue weighted by Gasteiger charge is -2.36. The summed E-state index contributed by atoms with van der Waals surface area (Å²) >= 11 is 0. The van der Waals surface area contributed by atoms with Crippen molar-refractivity contribution in [1.82, 2.24) is 20.3 Å². The van der Waals surface area contributed by atoms with Crippen LogP contribution in [-0.2, 0) is 10.3 Å². The van der Waals surface area contributed by atoms with Gasteiger partial charge in [0.05, 0.1) is 18.8 Å². The highest BCUT2D eigenvalue weighted by molar-refractivity contribution is 5.04. The summed E-state index contributed by atoms with van der Waals surface area (Å²) in [6.07, 6.45) is 8.99. The molecule has 0 aromatic carbocycles. The topological polar surface area (TPSA) is 72.2 Å². The Kier molecular flexibility index (Phi) is 4.80. The Balaban J connectivity index is 1.70. The van der Waals surface area contributed by atoms with Gasteiger partial charge >= 0.3 is 0 Å². The highest BCUT2D eigenvalue weighted by Crippen LogP contribution is 2.30. The van der Waals surface area contributed by atoms with Crippen LogP contribution in [0, 0.1) is 0 Å². The predicted octanol–water partition coefficient (Wildman–Crippen LogP) is 1.76. The summed E-state index contributed by atoms with van der Waals surface area (Å²) in [5.74, 6) is 0. The van der Waals surface area contributed by atoms with Gasteiger partial charge in [0.2, 0.25) is 0 Å². The van der Waals surface area contributed by atoms with Crippen molar-refractivity contribution in [2.24, 2.45) is 0 Å². The molecular formula is C16H28N4O2. The van der Waals surface area contributed by atoms with Gasteiger partial charge in [-0.05, 0) is 39.5 Å². The first-order valence-electron chi connectivity index (χ1n) is 8.52. The van der Waals surface area contributed by atoms with Crippen LogP contribution in [-0.4, -0.2) is 45.4 Å². The van der Waals surface area contributed by atoms with E-state index in [4.69, 9.17) is 4.74 Å². The van der Waals surface area contributed by atoms with Gasteiger partial charge in [0.15, 0.2) is 0 Å². The van der Waals surface area contributed by atoms with E-state index in [1.54, 1.807) is 13.8 Å². The minimum atomic E-state index is -0.937. The summed E-state index contributed by atoms with van der Waals surface area (Å²) in [4.78, 5) is 0. The van der Waals surface area contributed by atoms with Crippen molar-refractivity contribution in [2.45, 2.75) is 76.1 Å². The maximum atomic E-state index is 10.1. The molecule has 1 aromatic heterocycles. The molecular weight excluding hydrogens is 280 g/mol. The Hall–Kier alpha value is -0.980. The second-order valence-electron chi connectivity index (χ2n) is 7.18. The van der Waals surface area contributed by atoms with Crippen molar-refractivity contribution in [3.8, 4) is 0 Å². The molecule has 1 aromatic rings.